The Hall–Kier alpha value is -5.74. The van der Waals surface area contributed by atoms with E-state index in [9.17, 15) is 34.5 Å². The number of carboxylic acid groups (broad SMARTS) is 1. The average molecular weight is 753 g/mol. The average Bonchev–Trinajstić information content (AvgIpc) is 3.74. The third-order valence-electron chi connectivity index (χ3n) is 8.84. The zero-order valence-electron chi connectivity index (χ0n) is 30.6. The van der Waals surface area contributed by atoms with E-state index in [0.717, 1.165) is 11.1 Å². The number of benzene rings is 2. The highest BCUT2D eigenvalue weighted by molar-refractivity contribution is 6.05. The van der Waals surface area contributed by atoms with Crippen LogP contribution < -0.4 is 29.6 Å². The molecule has 2 aromatic rings. The highest BCUT2D eigenvalue weighted by Gasteiger charge is 2.34. The Morgan fingerprint density at radius 1 is 0.759 bits per heavy atom. The summed E-state index contributed by atoms with van der Waals surface area (Å²) in [4.78, 5) is 54.2. The van der Waals surface area contributed by atoms with E-state index in [2.05, 4.69) is 30.4 Å². The fourth-order valence-electron chi connectivity index (χ4n) is 6.23. The van der Waals surface area contributed by atoms with Crippen LogP contribution in [-0.2, 0) is 4.74 Å². The third-order valence-corrected chi connectivity index (χ3v) is 8.84. The van der Waals surface area contributed by atoms with Crippen molar-refractivity contribution in [1.29, 1.82) is 0 Å². The summed E-state index contributed by atoms with van der Waals surface area (Å²) in [6, 6.07) is 4.84. The van der Waals surface area contributed by atoms with Gasteiger partial charge in [0.25, 0.3) is 11.8 Å². The molecule has 0 spiro atoms. The van der Waals surface area contributed by atoms with Gasteiger partial charge in [-0.05, 0) is 44.2 Å². The molecule has 0 aromatic heterocycles. The molecule has 0 aliphatic carbocycles. The summed E-state index contributed by atoms with van der Waals surface area (Å²) in [6.07, 6.45) is 1.94. The fourth-order valence-corrected chi connectivity index (χ4v) is 6.23. The highest BCUT2D eigenvalue weighted by atomic mass is 16.5. The molecule has 0 bridgehead atoms. The Labute approximate surface area is 313 Å². The van der Waals surface area contributed by atoms with Gasteiger partial charge >= 0.3 is 12.2 Å². The lowest BCUT2D eigenvalue weighted by Gasteiger charge is -2.24. The molecule has 0 unspecified atom stereocenters. The van der Waals surface area contributed by atoms with Crippen LogP contribution in [-0.4, -0.2) is 122 Å². The molecule has 292 valence electrons. The minimum Gasteiger partial charge on any atom is -0.493 e. The molecule has 2 fully saturated rings. The topological polar surface area (TPSA) is 206 Å². The molecule has 2 heterocycles. The van der Waals surface area contributed by atoms with Gasteiger partial charge in [-0.25, -0.2) is 9.59 Å². The summed E-state index contributed by atoms with van der Waals surface area (Å²) < 4.78 is 28.0. The van der Waals surface area contributed by atoms with E-state index in [-0.39, 0.29) is 91.6 Å². The summed E-state index contributed by atoms with van der Waals surface area (Å²) >= 11 is 0. The predicted molar refractivity (Wildman–Crippen MR) is 199 cm³/mol. The number of unbranched alkanes of at least 4 members (excludes halogenated alkanes) is 2. The predicted octanol–water partition coefficient (Wildman–Crippen LogP) is 4.68. The van der Waals surface area contributed by atoms with Crippen molar-refractivity contribution in [2.24, 2.45) is 0 Å². The molecule has 54 heavy (non-hydrogen) atoms. The maximum atomic E-state index is 13.7. The molecule has 16 nitrogen and oxygen atoms in total. The quantitative estimate of drug-likeness (QED) is 0.104. The van der Waals surface area contributed by atoms with Crippen LogP contribution >= 0.6 is 0 Å². The number of amides is 4. The normalized spacial score (nSPS) is 16.5. The van der Waals surface area contributed by atoms with Gasteiger partial charge in [0, 0.05) is 25.2 Å². The van der Waals surface area contributed by atoms with E-state index in [1.54, 1.807) is 0 Å². The molecule has 2 aliphatic heterocycles. The van der Waals surface area contributed by atoms with Crippen LogP contribution in [0.15, 0.2) is 61.2 Å². The van der Waals surface area contributed by atoms with Gasteiger partial charge in [-0.1, -0.05) is 37.0 Å². The van der Waals surface area contributed by atoms with Crippen molar-refractivity contribution in [2.45, 2.75) is 44.2 Å². The van der Waals surface area contributed by atoms with Crippen LogP contribution in [0.2, 0.25) is 0 Å². The van der Waals surface area contributed by atoms with Crippen molar-refractivity contribution >= 4 is 35.4 Å². The molecule has 0 radical (unpaired) electrons. The minimum absolute atomic E-state index is 0.00879. The molecular formula is C38H48N4O12. The number of aliphatic hydroxyl groups excluding tert-OH is 2. The van der Waals surface area contributed by atoms with Crippen LogP contribution in [0, 0.1) is 0 Å². The lowest BCUT2D eigenvalue weighted by Crippen LogP contribution is -2.38. The Balaban J connectivity index is 1.40. The van der Waals surface area contributed by atoms with Gasteiger partial charge in [-0.3, -0.25) is 20.2 Å². The number of hydrogen-bond acceptors (Lipinski definition) is 11. The molecule has 4 amide bonds. The number of hydrogen-bond donors (Lipinski definition) is 5. The zero-order valence-corrected chi connectivity index (χ0v) is 30.6. The standard InChI is InChI=1S/C38H48N4O12/c1-6-10-54-38(49)40-30-18-34(32(51-5)16-28(30)36(46)42-20-24(3)14-26(42)22-44)53-12-9-7-8-11-52-33-17-29(39-37(47)48)27(15-31(33)50-4)35(45)41-19-23(2)13-25(41)21-43/h6,15-18,25-26,39,43-44H,1-3,7-14,19-22H2,4-5H3,(H,40,49)(H,47,48)/t25-,26-/m0/s1. The third kappa shape index (κ3) is 10.2. The van der Waals surface area contributed by atoms with E-state index in [0.29, 0.717) is 32.1 Å². The van der Waals surface area contributed by atoms with E-state index >= 15 is 0 Å². The second-order valence-corrected chi connectivity index (χ2v) is 12.7. The largest absolute Gasteiger partial charge is 0.493 e. The number of nitrogens with one attached hydrogen (secondary N) is 2. The molecule has 5 N–H and O–H groups in total. The van der Waals surface area contributed by atoms with Gasteiger partial charge in [0.15, 0.2) is 23.0 Å². The number of likely N-dealkylation sites (tertiary alicyclic amines) is 2. The van der Waals surface area contributed by atoms with Crippen molar-refractivity contribution < 1.29 is 58.2 Å². The molecule has 16 heteroatoms. The van der Waals surface area contributed by atoms with Gasteiger partial charge in [0.05, 0.1) is 75.2 Å². The van der Waals surface area contributed by atoms with E-state index in [1.165, 1.54) is 54.4 Å². The number of anilines is 2. The van der Waals surface area contributed by atoms with Crippen LogP contribution in [0.5, 0.6) is 23.0 Å². The molecule has 2 aromatic carbocycles. The number of aliphatic hydroxyl groups is 2. The number of methoxy groups -OCH3 is 2. The summed E-state index contributed by atoms with van der Waals surface area (Å²) in [5.41, 5.74) is 1.88. The highest BCUT2D eigenvalue weighted by Crippen LogP contribution is 2.38. The molecule has 2 aliphatic rings. The maximum absolute atomic E-state index is 13.7. The van der Waals surface area contributed by atoms with Crippen LogP contribution in [0.1, 0.15) is 52.8 Å². The van der Waals surface area contributed by atoms with Gasteiger partial charge in [-0.15, -0.1) is 0 Å². The summed E-state index contributed by atoms with van der Waals surface area (Å²) in [5.74, 6) is 0.0657. The van der Waals surface area contributed by atoms with Gasteiger partial charge in [0.2, 0.25) is 0 Å². The first-order valence-corrected chi connectivity index (χ1v) is 17.4. The zero-order chi connectivity index (χ0) is 39.4. The fraction of sp³-hybridized carbons (Fsp3) is 0.421. The maximum Gasteiger partial charge on any atom is 0.411 e. The first-order valence-electron chi connectivity index (χ1n) is 17.4. The Kier molecular flexibility index (Phi) is 14.7. The SMILES string of the molecule is C=CCOC(=O)Nc1cc(OCCCCCOc2cc(NC(=O)O)c(C(=O)N3CC(=C)C[C@H]3CO)cc2OC)c(OC)cc1C(=O)N1CC(=C)C[C@H]1CO. The second-order valence-electron chi connectivity index (χ2n) is 12.7. The smallest absolute Gasteiger partial charge is 0.411 e. The number of nitrogens with zero attached hydrogens (tertiary/aromatic N) is 2. The Bertz CT molecular complexity index is 1740. The van der Waals surface area contributed by atoms with Gasteiger partial charge in [0.1, 0.15) is 6.61 Å². The van der Waals surface area contributed by atoms with Crippen LogP contribution in [0.4, 0.5) is 21.0 Å². The summed E-state index contributed by atoms with van der Waals surface area (Å²) in [5, 5.41) is 33.9. The van der Waals surface area contributed by atoms with E-state index < -0.39 is 36.1 Å². The van der Waals surface area contributed by atoms with Crippen molar-refractivity contribution in [2.75, 3.05) is 71.0 Å². The number of carbonyl (C=O) groups is 4. The summed E-state index contributed by atoms with van der Waals surface area (Å²) in [6.45, 7) is 11.8. The van der Waals surface area contributed by atoms with Crippen molar-refractivity contribution in [1.82, 2.24) is 9.80 Å². The van der Waals surface area contributed by atoms with E-state index in [1.807, 2.05) is 0 Å². The lowest BCUT2D eigenvalue weighted by atomic mass is 10.1. The van der Waals surface area contributed by atoms with Crippen molar-refractivity contribution in [3.05, 3.63) is 72.4 Å². The monoisotopic (exact) mass is 752 g/mol. The minimum atomic E-state index is -1.37. The molecule has 4 rings (SSSR count). The summed E-state index contributed by atoms with van der Waals surface area (Å²) in [7, 11) is 2.83. The van der Waals surface area contributed by atoms with Crippen LogP contribution in [0.25, 0.3) is 0 Å². The second kappa shape index (κ2) is 19.4. The number of rotatable bonds is 18. The van der Waals surface area contributed by atoms with Gasteiger partial charge < -0.3 is 48.8 Å². The van der Waals surface area contributed by atoms with Crippen molar-refractivity contribution in [3.63, 3.8) is 0 Å². The van der Waals surface area contributed by atoms with Crippen LogP contribution in [0.3, 0.4) is 0 Å². The molecule has 2 atom stereocenters. The van der Waals surface area contributed by atoms with Gasteiger partial charge in [-0.2, -0.15) is 0 Å². The molecular weight excluding hydrogens is 704 g/mol. The Morgan fingerprint density at radius 3 is 1.63 bits per heavy atom. The number of carbonyl (C=O) groups excluding carboxylic acids is 3. The number of ether oxygens (including phenoxy) is 5. The Morgan fingerprint density at radius 2 is 1.22 bits per heavy atom. The first kappa shape index (κ1) is 41.0. The molecule has 2 saturated heterocycles. The van der Waals surface area contributed by atoms with E-state index in [4.69, 9.17) is 23.7 Å². The lowest BCUT2D eigenvalue weighted by molar-refractivity contribution is 0.0674. The molecule has 0 saturated carbocycles. The first-order chi connectivity index (χ1) is 25.9. The van der Waals surface area contributed by atoms with Crippen molar-refractivity contribution in [3.8, 4) is 23.0 Å².